The number of aromatic nitrogens is 3. The van der Waals surface area contributed by atoms with Crippen molar-refractivity contribution in [1.29, 1.82) is 0 Å². The van der Waals surface area contributed by atoms with Crippen LogP contribution in [0.5, 0.6) is 0 Å². The molecular formula is C34H48ClN5O5Si. The summed E-state index contributed by atoms with van der Waals surface area (Å²) in [7, 11) is -1.97. The fourth-order valence-corrected chi connectivity index (χ4v) is 5.33. The molecule has 3 aromatic rings. The zero-order valence-electron chi connectivity index (χ0n) is 29.0. The van der Waals surface area contributed by atoms with Crippen molar-refractivity contribution in [1.82, 2.24) is 15.0 Å². The highest BCUT2D eigenvalue weighted by molar-refractivity contribution is 6.74. The van der Waals surface area contributed by atoms with E-state index in [1.54, 1.807) is 74.6 Å². The second-order valence-corrected chi connectivity index (χ2v) is 19.8. The summed E-state index contributed by atoms with van der Waals surface area (Å²) in [5, 5.41) is 0.508. The SMILES string of the molecule is CC(C)(C)OC(=O)N(CCCO[Si](C)(C)C(C)(C)C)c1cnccc1-c1cncc(N(C(=O)OC(C)(C)C)c2cccc(Cl)c2)n1. The quantitative estimate of drug-likeness (QED) is 0.164. The van der Waals surface area contributed by atoms with Crippen LogP contribution in [0, 0.1) is 0 Å². The Bertz CT molecular complexity index is 1510. The number of nitrogens with zero attached hydrogens (tertiary/aromatic N) is 5. The standard InChI is InChI=1S/C34H48ClN5O5Si/c1-32(2,3)44-30(41)39(18-13-19-43-46(10,11)34(7,8)9)28-22-36-17-16-26(28)27-21-37-23-29(38-27)40(31(42)45-33(4,5)6)25-15-12-14-24(35)20-25/h12,14-17,20-23H,13,18-19H2,1-11H3. The Labute approximate surface area is 279 Å². The van der Waals surface area contributed by atoms with Crippen molar-refractivity contribution in [3.63, 3.8) is 0 Å². The van der Waals surface area contributed by atoms with Gasteiger partial charge in [0.1, 0.15) is 11.2 Å². The molecule has 3 rings (SSSR count). The summed E-state index contributed by atoms with van der Waals surface area (Å²) in [4.78, 5) is 43.6. The Balaban J connectivity index is 2.05. The first-order chi connectivity index (χ1) is 21.2. The van der Waals surface area contributed by atoms with E-state index in [2.05, 4.69) is 43.8 Å². The summed E-state index contributed by atoms with van der Waals surface area (Å²) < 4.78 is 17.9. The number of halogens is 1. The number of hydrogen-bond donors (Lipinski definition) is 0. The van der Waals surface area contributed by atoms with Gasteiger partial charge in [-0.2, -0.15) is 0 Å². The number of ether oxygens (including phenoxy) is 2. The zero-order chi connectivity index (χ0) is 34.5. The Morgan fingerprint density at radius 3 is 2.13 bits per heavy atom. The van der Waals surface area contributed by atoms with E-state index in [9.17, 15) is 9.59 Å². The van der Waals surface area contributed by atoms with E-state index < -0.39 is 31.7 Å². The molecule has 10 nitrogen and oxygen atoms in total. The number of anilines is 3. The highest BCUT2D eigenvalue weighted by atomic mass is 35.5. The fourth-order valence-electron chi connectivity index (χ4n) is 4.06. The maximum atomic E-state index is 13.6. The molecule has 1 aromatic carbocycles. The fraction of sp³-hybridized carbons (Fsp3) is 0.500. The molecule has 0 radical (unpaired) electrons. The third-order valence-corrected chi connectivity index (χ3v) is 12.0. The molecule has 0 atom stereocenters. The van der Waals surface area contributed by atoms with E-state index in [1.807, 2.05) is 20.8 Å². The van der Waals surface area contributed by atoms with Gasteiger partial charge in [-0.3, -0.25) is 14.9 Å². The van der Waals surface area contributed by atoms with Gasteiger partial charge < -0.3 is 13.9 Å². The lowest BCUT2D eigenvalue weighted by molar-refractivity contribution is 0.0573. The van der Waals surface area contributed by atoms with Gasteiger partial charge in [0.05, 0.1) is 35.7 Å². The normalized spacial score (nSPS) is 12.4. The average molecular weight is 670 g/mol. The number of amides is 2. The van der Waals surface area contributed by atoms with Gasteiger partial charge in [-0.25, -0.2) is 19.5 Å². The third kappa shape index (κ3) is 10.2. The van der Waals surface area contributed by atoms with Crippen LogP contribution in [-0.2, 0) is 13.9 Å². The molecule has 2 heterocycles. The molecular weight excluding hydrogens is 622 g/mol. The van der Waals surface area contributed by atoms with Gasteiger partial charge in [-0.1, -0.05) is 38.4 Å². The first-order valence-corrected chi connectivity index (χ1v) is 18.7. The van der Waals surface area contributed by atoms with Crippen LogP contribution in [0.2, 0.25) is 23.2 Å². The zero-order valence-corrected chi connectivity index (χ0v) is 30.7. The third-order valence-electron chi connectivity index (χ3n) is 7.27. The van der Waals surface area contributed by atoms with Crippen molar-refractivity contribution in [3.05, 3.63) is 60.1 Å². The molecule has 0 aliphatic heterocycles. The molecule has 0 spiro atoms. The molecule has 0 bridgehead atoms. The molecule has 0 aliphatic carbocycles. The van der Waals surface area contributed by atoms with Gasteiger partial charge >= 0.3 is 12.2 Å². The van der Waals surface area contributed by atoms with Gasteiger partial charge in [-0.05, 0) is 90.4 Å². The Morgan fingerprint density at radius 2 is 1.52 bits per heavy atom. The highest BCUT2D eigenvalue weighted by Gasteiger charge is 2.37. The first-order valence-electron chi connectivity index (χ1n) is 15.4. The lowest BCUT2D eigenvalue weighted by Gasteiger charge is -2.36. The minimum Gasteiger partial charge on any atom is -0.443 e. The molecule has 0 fully saturated rings. The van der Waals surface area contributed by atoms with Crippen molar-refractivity contribution in [2.24, 2.45) is 0 Å². The maximum absolute atomic E-state index is 13.6. The van der Waals surface area contributed by atoms with E-state index in [0.29, 0.717) is 47.2 Å². The van der Waals surface area contributed by atoms with Gasteiger partial charge in [0.2, 0.25) is 0 Å². The van der Waals surface area contributed by atoms with Crippen LogP contribution in [0.1, 0.15) is 68.7 Å². The number of carbonyl (C=O) groups is 2. The number of rotatable bonds is 9. The summed E-state index contributed by atoms with van der Waals surface area (Å²) in [6.45, 7) is 22.6. The topological polar surface area (TPSA) is 107 Å². The minimum absolute atomic E-state index is 0.0658. The molecule has 0 saturated carbocycles. The van der Waals surface area contributed by atoms with Gasteiger partial charge in [-0.15, -0.1) is 0 Å². The van der Waals surface area contributed by atoms with Gasteiger partial charge in [0, 0.05) is 29.9 Å². The van der Waals surface area contributed by atoms with Crippen molar-refractivity contribution < 1.29 is 23.5 Å². The first kappa shape index (κ1) is 36.9. The molecule has 0 aliphatic rings. The number of benzene rings is 1. The van der Waals surface area contributed by atoms with Crippen LogP contribution < -0.4 is 9.80 Å². The number of hydrogen-bond acceptors (Lipinski definition) is 8. The Hall–Kier alpha value is -3.54. The van der Waals surface area contributed by atoms with Crippen molar-refractivity contribution >= 4 is 49.3 Å². The van der Waals surface area contributed by atoms with Gasteiger partial charge in [0.15, 0.2) is 14.1 Å². The summed E-state index contributed by atoms with van der Waals surface area (Å²) in [5.74, 6) is 0.211. The number of carbonyl (C=O) groups excluding carboxylic acids is 2. The minimum atomic E-state index is -1.97. The van der Waals surface area contributed by atoms with E-state index in [4.69, 9.17) is 30.5 Å². The van der Waals surface area contributed by atoms with E-state index in [0.717, 1.165) is 0 Å². The van der Waals surface area contributed by atoms with E-state index in [1.165, 1.54) is 11.1 Å². The maximum Gasteiger partial charge on any atom is 0.420 e. The summed E-state index contributed by atoms with van der Waals surface area (Å²) >= 11 is 6.29. The lowest BCUT2D eigenvalue weighted by atomic mass is 10.1. The molecule has 0 saturated heterocycles. The molecule has 12 heteroatoms. The molecule has 250 valence electrons. The number of pyridine rings is 1. The molecule has 0 unspecified atom stereocenters. The smallest absolute Gasteiger partial charge is 0.420 e. The molecule has 0 N–H and O–H groups in total. The second-order valence-electron chi connectivity index (χ2n) is 14.5. The summed E-state index contributed by atoms with van der Waals surface area (Å²) in [6.07, 6.45) is 5.67. The molecule has 46 heavy (non-hydrogen) atoms. The van der Waals surface area contributed by atoms with E-state index in [-0.39, 0.29) is 10.9 Å². The summed E-state index contributed by atoms with van der Waals surface area (Å²) in [5.41, 5.74) is 0.453. The predicted octanol–water partition coefficient (Wildman–Crippen LogP) is 9.42. The highest BCUT2D eigenvalue weighted by Crippen LogP contribution is 2.37. The van der Waals surface area contributed by atoms with Crippen LogP contribution in [0.4, 0.5) is 26.8 Å². The average Bonchev–Trinajstić information content (AvgIpc) is 2.91. The van der Waals surface area contributed by atoms with Crippen LogP contribution in [0.25, 0.3) is 11.3 Å². The lowest BCUT2D eigenvalue weighted by Crippen LogP contribution is -2.42. The monoisotopic (exact) mass is 669 g/mol. The van der Waals surface area contributed by atoms with Crippen LogP contribution in [0.3, 0.4) is 0 Å². The van der Waals surface area contributed by atoms with Gasteiger partial charge in [0.25, 0.3) is 0 Å². The predicted molar refractivity (Wildman–Crippen MR) is 186 cm³/mol. The largest absolute Gasteiger partial charge is 0.443 e. The molecule has 2 aromatic heterocycles. The van der Waals surface area contributed by atoms with Crippen LogP contribution in [-0.4, -0.2) is 59.8 Å². The summed E-state index contributed by atoms with van der Waals surface area (Å²) in [6, 6.07) is 8.59. The van der Waals surface area contributed by atoms with Crippen LogP contribution in [0.15, 0.2) is 55.1 Å². The Morgan fingerprint density at radius 1 is 0.870 bits per heavy atom. The van der Waals surface area contributed by atoms with Crippen molar-refractivity contribution in [2.45, 2.75) is 98.1 Å². The van der Waals surface area contributed by atoms with E-state index >= 15 is 0 Å². The molecule has 2 amide bonds. The van der Waals surface area contributed by atoms with Crippen molar-refractivity contribution in [2.75, 3.05) is 23.0 Å². The van der Waals surface area contributed by atoms with Crippen LogP contribution >= 0.6 is 11.6 Å². The van der Waals surface area contributed by atoms with Crippen molar-refractivity contribution in [3.8, 4) is 11.3 Å². The Kier molecular flexibility index (Phi) is 11.6. The second kappa shape index (κ2) is 14.5.